The SMILES string of the molecule is Fc1c(NCc2nnc3n2CCCCC3)ccc2c(Cl)ccnc12. The number of nitrogens with zero attached hydrogens (tertiary/aromatic N) is 4. The monoisotopic (exact) mass is 345 g/mol. The molecule has 124 valence electrons. The molecule has 0 radical (unpaired) electrons. The molecule has 0 saturated heterocycles. The summed E-state index contributed by atoms with van der Waals surface area (Å²) in [7, 11) is 0. The van der Waals surface area contributed by atoms with Gasteiger partial charge in [-0.25, -0.2) is 4.39 Å². The van der Waals surface area contributed by atoms with Gasteiger partial charge >= 0.3 is 0 Å². The summed E-state index contributed by atoms with van der Waals surface area (Å²) in [5.41, 5.74) is 0.663. The van der Waals surface area contributed by atoms with E-state index in [0.29, 0.717) is 22.6 Å². The van der Waals surface area contributed by atoms with Gasteiger partial charge < -0.3 is 9.88 Å². The van der Waals surface area contributed by atoms with Crippen molar-refractivity contribution in [2.75, 3.05) is 5.32 Å². The minimum absolute atomic E-state index is 0.271. The van der Waals surface area contributed by atoms with Gasteiger partial charge in [0.05, 0.1) is 17.3 Å². The Morgan fingerprint density at radius 1 is 1.17 bits per heavy atom. The molecule has 3 heterocycles. The quantitative estimate of drug-likeness (QED) is 0.780. The Morgan fingerprint density at radius 3 is 3.00 bits per heavy atom. The fraction of sp³-hybridized carbons (Fsp3) is 0.353. The minimum Gasteiger partial charge on any atom is -0.375 e. The number of aryl methyl sites for hydroxylation is 1. The Hall–Kier alpha value is -2.21. The highest BCUT2D eigenvalue weighted by molar-refractivity contribution is 6.35. The predicted molar refractivity (Wildman–Crippen MR) is 91.6 cm³/mol. The van der Waals surface area contributed by atoms with E-state index >= 15 is 0 Å². The smallest absolute Gasteiger partial charge is 0.172 e. The van der Waals surface area contributed by atoms with E-state index in [1.165, 1.54) is 12.6 Å². The standard InChI is InChI=1S/C17H17ClFN5/c18-12-7-8-20-17-11(12)5-6-13(16(17)19)21-10-15-23-22-14-4-2-1-3-9-24(14)15/h5-8,21H,1-4,9-10H2. The van der Waals surface area contributed by atoms with E-state index in [0.717, 1.165) is 37.5 Å². The third-order valence-electron chi connectivity index (χ3n) is 4.42. The van der Waals surface area contributed by atoms with Crippen LogP contribution in [-0.2, 0) is 19.5 Å². The van der Waals surface area contributed by atoms with Crippen molar-refractivity contribution in [3.05, 3.63) is 46.9 Å². The van der Waals surface area contributed by atoms with Crippen LogP contribution in [0.3, 0.4) is 0 Å². The van der Waals surface area contributed by atoms with Gasteiger partial charge in [0.2, 0.25) is 0 Å². The third-order valence-corrected chi connectivity index (χ3v) is 4.75. The van der Waals surface area contributed by atoms with Gasteiger partial charge in [0.25, 0.3) is 0 Å². The second-order valence-corrected chi connectivity index (χ2v) is 6.37. The number of nitrogens with one attached hydrogen (secondary N) is 1. The molecule has 0 spiro atoms. The highest BCUT2D eigenvalue weighted by Gasteiger charge is 2.16. The van der Waals surface area contributed by atoms with Crippen LogP contribution in [0.2, 0.25) is 5.02 Å². The molecular weight excluding hydrogens is 329 g/mol. The molecule has 7 heteroatoms. The first-order chi connectivity index (χ1) is 11.7. The Balaban J connectivity index is 1.60. The molecule has 0 aliphatic carbocycles. The number of pyridine rings is 1. The molecule has 5 nitrogen and oxygen atoms in total. The van der Waals surface area contributed by atoms with Gasteiger partial charge in [-0.3, -0.25) is 4.98 Å². The van der Waals surface area contributed by atoms with Crippen molar-refractivity contribution in [3.8, 4) is 0 Å². The number of benzene rings is 1. The van der Waals surface area contributed by atoms with Crippen molar-refractivity contribution in [1.29, 1.82) is 0 Å². The highest BCUT2D eigenvalue weighted by atomic mass is 35.5. The normalized spacial score (nSPS) is 14.4. The first-order valence-corrected chi connectivity index (χ1v) is 8.49. The summed E-state index contributed by atoms with van der Waals surface area (Å²) in [6.07, 6.45) is 5.96. The van der Waals surface area contributed by atoms with Crippen molar-refractivity contribution in [1.82, 2.24) is 19.7 Å². The van der Waals surface area contributed by atoms with Gasteiger partial charge in [-0.05, 0) is 31.0 Å². The summed E-state index contributed by atoms with van der Waals surface area (Å²) < 4.78 is 16.8. The Labute approximate surface area is 143 Å². The zero-order valence-electron chi connectivity index (χ0n) is 13.1. The molecule has 0 amide bonds. The Kier molecular flexibility index (Phi) is 4.06. The maximum atomic E-state index is 14.7. The molecule has 24 heavy (non-hydrogen) atoms. The number of rotatable bonds is 3. The summed E-state index contributed by atoms with van der Waals surface area (Å²) >= 11 is 6.09. The first kappa shape index (κ1) is 15.3. The molecule has 0 saturated carbocycles. The molecule has 1 aliphatic heterocycles. The van der Waals surface area contributed by atoms with Crippen LogP contribution in [-0.4, -0.2) is 19.7 Å². The average Bonchev–Trinajstić information content (AvgIpc) is 2.82. The van der Waals surface area contributed by atoms with Crippen molar-refractivity contribution in [2.24, 2.45) is 0 Å². The zero-order chi connectivity index (χ0) is 16.5. The summed E-state index contributed by atoms with van der Waals surface area (Å²) in [6.45, 7) is 1.35. The molecule has 0 atom stereocenters. The number of hydrogen-bond acceptors (Lipinski definition) is 4. The summed E-state index contributed by atoms with van der Waals surface area (Å²) in [4.78, 5) is 4.10. The number of fused-ring (bicyclic) bond motifs is 2. The van der Waals surface area contributed by atoms with E-state index < -0.39 is 5.82 Å². The fourth-order valence-corrected chi connectivity index (χ4v) is 3.35. The van der Waals surface area contributed by atoms with Crippen molar-refractivity contribution in [2.45, 2.75) is 38.8 Å². The molecule has 1 N–H and O–H groups in total. The Morgan fingerprint density at radius 2 is 2.08 bits per heavy atom. The molecule has 0 bridgehead atoms. The second-order valence-electron chi connectivity index (χ2n) is 5.96. The lowest BCUT2D eigenvalue weighted by Crippen LogP contribution is -2.11. The van der Waals surface area contributed by atoms with Gasteiger partial charge in [0.15, 0.2) is 11.6 Å². The number of hydrogen-bond donors (Lipinski definition) is 1. The number of halogens is 2. The first-order valence-electron chi connectivity index (χ1n) is 8.11. The van der Waals surface area contributed by atoms with Crippen molar-refractivity contribution < 1.29 is 4.39 Å². The highest BCUT2D eigenvalue weighted by Crippen LogP contribution is 2.28. The molecule has 1 aliphatic rings. The fourth-order valence-electron chi connectivity index (χ4n) is 3.14. The summed E-state index contributed by atoms with van der Waals surface area (Å²) in [6, 6.07) is 5.12. The van der Waals surface area contributed by atoms with E-state index in [4.69, 9.17) is 11.6 Å². The van der Waals surface area contributed by atoms with E-state index in [9.17, 15) is 4.39 Å². The topological polar surface area (TPSA) is 55.6 Å². The van der Waals surface area contributed by atoms with Gasteiger partial charge in [0.1, 0.15) is 11.3 Å². The van der Waals surface area contributed by atoms with Crippen molar-refractivity contribution >= 4 is 28.2 Å². The van der Waals surface area contributed by atoms with Crippen LogP contribution in [0, 0.1) is 5.82 Å². The molecule has 3 aromatic rings. The maximum Gasteiger partial charge on any atom is 0.172 e. The lowest BCUT2D eigenvalue weighted by Gasteiger charge is -2.11. The third kappa shape index (κ3) is 2.71. The lowest BCUT2D eigenvalue weighted by molar-refractivity contribution is 0.608. The molecule has 0 unspecified atom stereocenters. The van der Waals surface area contributed by atoms with Gasteiger partial charge in [0, 0.05) is 24.5 Å². The largest absolute Gasteiger partial charge is 0.375 e. The lowest BCUT2D eigenvalue weighted by atomic mass is 10.2. The molecule has 4 rings (SSSR count). The molecular formula is C17H17ClFN5. The average molecular weight is 346 g/mol. The van der Waals surface area contributed by atoms with Crippen LogP contribution >= 0.6 is 11.6 Å². The maximum absolute atomic E-state index is 14.7. The van der Waals surface area contributed by atoms with E-state index in [-0.39, 0.29) is 5.52 Å². The summed E-state index contributed by atoms with van der Waals surface area (Å²) in [5.74, 6) is 1.47. The molecule has 0 fully saturated rings. The van der Waals surface area contributed by atoms with E-state index in [1.54, 1.807) is 18.2 Å². The predicted octanol–water partition coefficient (Wildman–Crippen LogP) is 3.96. The van der Waals surface area contributed by atoms with Gasteiger partial charge in [-0.15, -0.1) is 10.2 Å². The Bertz CT molecular complexity index is 892. The minimum atomic E-state index is -0.398. The van der Waals surface area contributed by atoms with Gasteiger partial charge in [-0.1, -0.05) is 18.0 Å². The van der Waals surface area contributed by atoms with Gasteiger partial charge in [-0.2, -0.15) is 0 Å². The second kappa shape index (κ2) is 6.36. The van der Waals surface area contributed by atoms with Crippen LogP contribution in [0.1, 0.15) is 30.9 Å². The van der Waals surface area contributed by atoms with E-state index in [1.807, 2.05) is 0 Å². The van der Waals surface area contributed by atoms with Crippen LogP contribution < -0.4 is 5.32 Å². The summed E-state index contributed by atoms with van der Waals surface area (Å²) in [5, 5.41) is 12.7. The number of aromatic nitrogens is 4. The van der Waals surface area contributed by atoms with Crippen LogP contribution in [0.15, 0.2) is 24.4 Å². The zero-order valence-corrected chi connectivity index (χ0v) is 13.9. The van der Waals surface area contributed by atoms with Crippen molar-refractivity contribution in [3.63, 3.8) is 0 Å². The van der Waals surface area contributed by atoms with Crippen LogP contribution in [0.5, 0.6) is 0 Å². The molecule has 1 aromatic carbocycles. The van der Waals surface area contributed by atoms with Crippen LogP contribution in [0.4, 0.5) is 10.1 Å². The van der Waals surface area contributed by atoms with E-state index in [2.05, 4.69) is 25.1 Å². The number of anilines is 1. The van der Waals surface area contributed by atoms with Crippen LogP contribution in [0.25, 0.3) is 10.9 Å². The molecule has 2 aromatic heterocycles.